The molecule has 0 saturated carbocycles. The lowest BCUT2D eigenvalue weighted by Gasteiger charge is -2.18. The van der Waals surface area contributed by atoms with Crippen molar-refractivity contribution in [1.82, 2.24) is 10.6 Å². The minimum absolute atomic E-state index is 0.0714. The number of methoxy groups -OCH3 is 1. The van der Waals surface area contributed by atoms with Crippen molar-refractivity contribution in [1.29, 1.82) is 0 Å². The van der Waals surface area contributed by atoms with Crippen LogP contribution in [0, 0.1) is 13.8 Å². The van der Waals surface area contributed by atoms with E-state index in [1.807, 2.05) is 56.3 Å². The molecule has 3 rings (SSSR count). The number of ether oxygens (including phenoxy) is 1. The molecule has 0 aromatic heterocycles. The first-order valence-electron chi connectivity index (χ1n) is 9.04. The van der Waals surface area contributed by atoms with Gasteiger partial charge in [-0.1, -0.05) is 18.2 Å². The van der Waals surface area contributed by atoms with Crippen LogP contribution in [0.5, 0.6) is 5.75 Å². The number of hydrogen-bond acceptors (Lipinski definition) is 3. The molecule has 2 aromatic rings. The highest BCUT2D eigenvalue weighted by Gasteiger charge is 2.33. The Morgan fingerprint density at radius 1 is 1.15 bits per heavy atom. The van der Waals surface area contributed by atoms with Crippen LogP contribution in [0.15, 0.2) is 42.5 Å². The van der Waals surface area contributed by atoms with Crippen molar-refractivity contribution in [2.24, 2.45) is 0 Å². The standard InChI is InChI=1S/C21H25N3O3/c1-14-4-7-17(12-15(14)2)24-11-10-19(20(24)25)23-21(26)22-13-16-5-8-18(27-3)9-6-16/h4-9,12,19H,10-11,13H2,1-3H3,(H2,22,23,26)/t19-/m1/s1. The van der Waals surface area contributed by atoms with E-state index in [4.69, 9.17) is 4.74 Å². The van der Waals surface area contributed by atoms with Gasteiger partial charge in [0.15, 0.2) is 0 Å². The smallest absolute Gasteiger partial charge is 0.315 e. The number of rotatable bonds is 5. The zero-order chi connectivity index (χ0) is 19.4. The summed E-state index contributed by atoms with van der Waals surface area (Å²) in [6.07, 6.45) is 0.599. The Morgan fingerprint density at radius 2 is 1.89 bits per heavy atom. The lowest BCUT2D eigenvalue weighted by Crippen LogP contribution is -2.45. The highest BCUT2D eigenvalue weighted by Crippen LogP contribution is 2.24. The normalized spacial score (nSPS) is 16.3. The maximum Gasteiger partial charge on any atom is 0.315 e. The van der Waals surface area contributed by atoms with Crippen LogP contribution in [0.2, 0.25) is 0 Å². The van der Waals surface area contributed by atoms with Crippen molar-refractivity contribution < 1.29 is 14.3 Å². The first-order chi connectivity index (χ1) is 13.0. The van der Waals surface area contributed by atoms with Gasteiger partial charge >= 0.3 is 6.03 Å². The zero-order valence-electron chi connectivity index (χ0n) is 15.9. The van der Waals surface area contributed by atoms with Crippen LogP contribution in [-0.4, -0.2) is 31.6 Å². The molecular weight excluding hydrogens is 342 g/mol. The third kappa shape index (κ3) is 4.39. The Kier molecular flexibility index (Phi) is 5.64. The summed E-state index contributed by atoms with van der Waals surface area (Å²) in [5, 5.41) is 5.57. The van der Waals surface area contributed by atoms with Gasteiger partial charge in [0.05, 0.1) is 7.11 Å². The number of amides is 3. The summed E-state index contributed by atoms with van der Waals surface area (Å²) in [6, 6.07) is 12.6. The second-order valence-electron chi connectivity index (χ2n) is 6.77. The number of nitrogens with one attached hydrogen (secondary N) is 2. The molecule has 0 bridgehead atoms. The van der Waals surface area contributed by atoms with Crippen molar-refractivity contribution in [2.75, 3.05) is 18.6 Å². The number of benzene rings is 2. The summed E-state index contributed by atoms with van der Waals surface area (Å²) in [7, 11) is 1.61. The van der Waals surface area contributed by atoms with Crippen LogP contribution in [-0.2, 0) is 11.3 Å². The molecule has 0 aliphatic carbocycles. The molecule has 1 atom stereocenters. The molecule has 142 valence electrons. The molecule has 1 fully saturated rings. The Morgan fingerprint density at radius 3 is 2.56 bits per heavy atom. The molecule has 1 aliphatic rings. The van der Waals surface area contributed by atoms with Gasteiger partial charge in [-0.15, -0.1) is 0 Å². The van der Waals surface area contributed by atoms with E-state index in [2.05, 4.69) is 10.6 Å². The van der Waals surface area contributed by atoms with Crippen LogP contribution in [0.4, 0.5) is 10.5 Å². The van der Waals surface area contributed by atoms with Crippen LogP contribution >= 0.6 is 0 Å². The second-order valence-corrected chi connectivity index (χ2v) is 6.77. The summed E-state index contributed by atoms with van der Waals surface area (Å²) >= 11 is 0. The van der Waals surface area contributed by atoms with Crippen molar-refractivity contribution in [3.63, 3.8) is 0 Å². The Balaban J connectivity index is 1.53. The molecule has 6 heteroatoms. The van der Waals surface area contributed by atoms with Gasteiger partial charge in [0.2, 0.25) is 5.91 Å². The third-order valence-corrected chi connectivity index (χ3v) is 4.93. The maximum absolute atomic E-state index is 12.7. The predicted molar refractivity (Wildman–Crippen MR) is 105 cm³/mol. The molecule has 1 aliphatic heterocycles. The number of urea groups is 1. The highest BCUT2D eigenvalue weighted by molar-refractivity contribution is 6.01. The van der Waals surface area contributed by atoms with Crippen LogP contribution in [0.3, 0.4) is 0 Å². The Labute approximate surface area is 159 Å². The van der Waals surface area contributed by atoms with Gasteiger partial charge in [0, 0.05) is 18.8 Å². The molecule has 0 spiro atoms. The summed E-state index contributed by atoms with van der Waals surface area (Å²) in [5.74, 6) is 0.698. The third-order valence-electron chi connectivity index (χ3n) is 4.93. The Hall–Kier alpha value is -3.02. The fraction of sp³-hybridized carbons (Fsp3) is 0.333. The predicted octanol–water partition coefficient (Wildman–Crippen LogP) is 2.92. The molecule has 27 heavy (non-hydrogen) atoms. The second kappa shape index (κ2) is 8.12. The average molecular weight is 367 g/mol. The van der Waals surface area contributed by atoms with E-state index in [0.29, 0.717) is 19.5 Å². The monoisotopic (exact) mass is 367 g/mol. The SMILES string of the molecule is COc1ccc(CNC(=O)N[C@@H]2CCN(c3ccc(C)c(C)c3)C2=O)cc1. The molecule has 0 unspecified atom stereocenters. The molecule has 6 nitrogen and oxygen atoms in total. The fourth-order valence-electron chi connectivity index (χ4n) is 3.10. The van der Waals surface area contributed by atoms with Gasteiger partial charge in [-0.3, -0.25) is 4.79 Å². The number of anilines is 1. The van der Waals surface area contributed by atoms with Gasteiger partial charge in [-0.2, -0.15) is 0 Å². The molecule has 0 radical (unpaired) electrons. The van der Waals surface area contributed by atoms with E-state index in [9.17, 15) is 9.59 Å². The zero-order valence-corrected chi connectivity index (χ0v) is 15.9. The minimum Gasteiger partial charge on any atom is -0.497 e. The van der Waals surface area contributed by atoms with Crippen molar-refractivity contribution in [3.05, 3.63) is 59.2 Å². The fourth-order valence-corrected chi connectivity index (χ4v) is 3.10. The van der Waals surface area contributed by atoms with Gasteiger partial charge in [-0.25, -0.2) is 4.79 Å². The largest absolute Gasteiger partial charge is 0.497 e. The van der Waals surface area contributed by atoms with Crippen LogP contribution in [0.25, 0.3) is 0 Å². The number of nitrogens with zero attached hydrogens (tertiary/aromatic N) is 1. The van der Waals surface area contributed by atoms with Gasteiger partial charge in [-0.05, 0) is 61.2 Å². The quantitative estimate of drug-likeness (QED) is 0.854. The van der Waals surface area contributed by atoms with Gasteiger partial charge < -0.3 is 20.3 Å². The van der Waals surface area contributed by atoms with Crippen LogP contribution in [0.1, 0.15) is 23.1 Å². The van der Waals surface area contributed by atoms with E-state index >= 15 is 0 Å². The number of hydrogen-bond donors (Lipinski definition) is 2. The van der Waals surface area contributed by atoms with E-state index < -0.39 is 6.04 Å². The molecule has 1 heterocycles. The minimum atomic E-state index is -0.498. The summed E-state index contributed by atoms with van der Waals surface area (Å²) in [6.45, 7) is 5.06. The number of carbonyl (C=O) groups excluding carboxylic acids is 2. The topological polar surface area (TPSA) is 70.7 Å². The molecule has 3 amide bonds. The van der Waals surface area contributed by atoms with Gasteiger partial charge in [0.1, 0.15) is 11.8 Å². The highest BCUT2D eigenvalue weighted by atomic mass is 16.5. The molecule has 1 saturated heterocycles. The average Bonchev–Trinajstić information content (AvgIpc) is 3.03. The first kappa shape index (κ1) is 18.8. The molecule has 2 aromatic carbocycles. The first-order valence-corrected chi connectivity index (χ1v) is 9.04. The van der Waals surface area contributed by atoms with Crippen molar-refractivity contribution >= 4 is 17.6 Å². The number of carbonyl (C=O) groups is 2. The van der Waals surface area contributed by atoms with E-state index in [1.165, 1.54) is 5.56 Å². The lowest BCUT2D eigenvalue weighted by molar-refractivity contribution is -0.118. The van der Waals surface area contributed by atoms with E-state index in [-0.39, 0.29) is 11.9 Å². The maximum atomic E-state index is 12.7. The van der Waals surface area contributed by atoms with Crippen molar-refractivity contribution in [2.45, 2.75) is 32.9 Å². The summed E-state index contributed by atoms with van der Waals surface area (Å²) in [5.41, 5.74) is 4.18. The molecular formula is C21H25N3O3. The molecule has 2 N–H and O–H groups in total. The van der Waals surface area contributed by atoms with Gasteiger partial charge in [0.25, 0.3) is 0 Å². The summed E-state index contributed by atoms with van der Waals surface area (Å²) in [4.78, 5) is 26.6. The van der Waals surface area contributed by atoms with E-state index in [0.717, 1.165) is 22.6 Å². The Bertz CT molecular complexity index is 833. The lowest BCUT2D eigenvalue weighted by atomic mass is 10.1. The summed E-state index contributed by atoms with van der Waals surface area (Å²) < 4.78 is 5.11. The number of aryl methyl sites for hydroxylation is 2. The van der Waals surface area contributed by atoms with Crippen molar-refractivity contribution in [3.8, 4) is 5.75 Å². The van der Waals surface area contributed by atoms with Crippen LogP contribution < -0.4 is 20.3 Å². The van der Waals surface area contributed by atoms with E-state index in [1.54, 1.807) is 12.0 Å².